The molecule has 0 fully saturated rings. The Balaban J connectivity index is 2.37. The van der Waals surface area contributed by atoms with E-state index in [1.54, 1.807) is 11.3 Å². The van der Waals surface area contributed by atoms with Crippen molar-refractivity contribution in [1.29, 1.82) is 0 Å². The van der Waals surface area contributed by atoms with E-state index in [-0.39, 0.29) is 11.7 Å². The van der Waals surface area contributed by atoms with Gasteiger partial charge in [-0.1, -0.05) is 50.8 Å². The predicted molar refractivity (Wildman–Crippen MR) is 82.8 cm³/mol. The first-order valence-corrected chi connectivity index (χ1v) is 7.21. The van der Waals surface area contributed by atoms with Crippen molar-refractivity contribution in [3.05, 3.63) is 58.3 Å². The maximum Gasteiger partial charge on any atom is 0.198 e. The number of rotatable bonds is 4. The number of hydrogen-bond donors (Lipinski definition) is 0. The van der Waals surface area contributed by atoms with Crippen molar-refractivity contribution in [1.82, 2.24) is 0 Å². The fourth-order valence-corrected chi connectivity index (χ4v) is 2.94. The monoisotopic (exact) mass is 270 g/mol. The summed E-state index contributed by atoms with van der Waals surface area (Å²) in [6.07, 6.45) is 0. The first-order chi connectivity index (χ1) is 9.00. The molecule has 0 amide bonds. The smallest absolute Gasteiger partial charge is 0.198 e. The minimum absolute atomic E-state index is 0.0743. The van der Waals surface area contributed by atoms with Gasteiger partial charge in [0.25, 0.3) is 0 Å². The Kier molecular flexibility index (Phi) is 4.01. The Morgan fingerprint density at radius 2 is 1.84 bits per heavy atom. The van der Waals surface area contributed by atoms with E-state index in [0.717, 1.165) is 16.0 Å². The zero-order chi connectivity index (χ0) is 14.0. The molecule has 19 heavy (non-hydrogen) atoms. The molecule has 2 aromatic rings. The number of carbonyl (C=O) groups excluding carboxylic acids is 1. The summed E-state index contributed by atoms with van der Waals surface area (Å²) in [5, 5.41) is 0. The van der Waals surface area contributed by atoms with Gasteiger partial charge < -0.3 is 0 Å². The highest BCUT2D eigenvalue weighted by atomic mass is 32.1. The SMILES string of the molecule is C=C(C(=O)c1cc(-c2ccccc2)c(C)s1)C(C)C. The number of ketones is 1. The van der Waals surface area contributed by atoms with Crippen molar-refractivity contribution in [2.45, 2.75) is 20.8 Å². The topological polar surface area (TPSA) is 17.1 Å². The first-order valence-electron chi connectivity index (χ1n) is 6.40. The van der Waals surface area contributed by atoms with Crippen molar-refractivity contribution in [2.24, 2.45) is 5.92 Å². The van der Waals surface area contributed by atoms with Gasteiger partial charge in [0.05, 0.1) is 4.88 Å². The average molecular weight is 270 g/mol. The van der Waals surface area contributed by atoms with Gasteiger partial charge in [0.2, 0.25) is 0 Å². The van der Waals surface area contributed by atoms with Gasteiger partial charge in [-0.15, -0.1) is 11.3 Å². The van der Waals surface area contributed by atoms with Crippen molar-refractivity contribution in [3.63, 3.8) is 0 Å². The Bertz CT molecular complexity index is 605. The number of hydrogen-bond acceptors (Lipinski definition) is 2. The molecule has 2 heteroatoms. The maximum absolute atomic E-state index is 12.3. The molecular weight excluding hydrogens is 252 g/mol. The minimum atomic E-state index is 0.0743. The van der Waals surface area contributed by atoms with E-state index in [9.17, 15) is 4.79 Å². The Hall–Kier alpha value is -1.67. The lowest BCUT2D eigenvalue weighted by Crippen LogP contribution is -2.05. The predicted octanol–water partition coefficient (Wildman–Crippen LogP) is 5.12. The summed E-state index contributed by atoms with van der Waals surface area (Å²) in [5.74, 6) is 0.264. The van der Waals surface area contributed by atoms with Crippen LogP contribution in [0.4, 0.5) is 0 Å². The summed E-state index contributed by atoms with van der Waals surface area (Å²) < 4.78 is 0. The third-order valence-electron chi connectivity index (χ3n) is 3.21. The molecule has 0 saturated carbocycles. The Morgan fingerprint density at radius 3 is 2.42 bits per heavy atom. The largest absolute Gasteiger partial charge is 0.288 e. The number of allylic oxidation sites excluding steroid dienone is 1. The summed E-state index contributed by atoms with van der Waals surface area (Å²) in [5.41, 5.74) is 2.98. The van der Waals surface area contributed by atoms with Crippen LogP contribution in [0.3, 0.4) is 0 Å². The van der Waals surface area contributed by atoms with Crippen LogP contribution in [-0.4, -0.2) is 5.78 Å². The van der Waals surface area contributed by atoms with Crippen LogP contribution in [0.1, 0.15) is 28.4 Å². The number of Topliss-reactive ketones (excluding diaryl/α,β-unsaturated/α-hetero) is 1. The Labute approximate surface area is 118 Å². The number of aryl methyl sites for hydroxylation is 1. The van der Waals surface area contributed by atoms with Gasteiger partial charge in [-0.25, -0.2) is 0 Å². The molecule has 98 valence electrons. The summed E-state index contributed by atoms with van der Waals surface area (Å²) in [7, 11) is 0. The van der Waals surface area contributed by atoms with Crippen LogP contribution in [0.5, 0.6) is 0 Å². The second kappa shape index (κ2) is 5.54. The fraction of sp³-hybridized carbons (Fsp3) is 0.235. The summed E-state index contributed by atoms with van der Waals surface area (Å²) in [6, 6.07) is 12.2. The van der Waals surface area contributed by atoms with Gasteiger partial charge in [-0.2, -0.15) is 0 Å². The average Bonchev–Trinajstić information content (AvgIpc) is 2.80. The summed E-state index contributed by atoms with van der Waals surface area (Å²) in [6.45, 7) is 9.95. The van der Waals surface area contributed by atoms with E-state index in [2.05, 4.69) is 25.6 Å². The lowest BCUT2D eigenvalue weighted by Gasteiger charge is -2.05. The third-order valence-corrected chi connectivity index (χ3v) is 4.26. The van der Waals surface area contributed by atoms with Crippen LogP contribution in [0, 0.1) is 12.8 Å². The Morgan fingerprint density at radius 1 is 1.21 bits per heavy atom. The van der Waals surface area contributed by atoms with E-state index in [4.69, 9.17) is 0 Å². The second-order valence-electron chi connectivity index (χ2n) is 4.96. The van der Waals surface area contributed by atoms with E-state index in [0.29, 0.717) is 5.57 Å². The zero-order valence-corrected chi connectivity index (χ0v) is 12.4. The highest BCUT2D eigenvalue weighted by Gasteiger charge is 2.17. The third kappa shape index (κ3) is 2.85. The van der Waals surface area contributed by atoms with E-state index in [1.165, 1.54) is 4.88 Å². The summed E-state index contributed by atoms with van der Waals surface area (Å²) in [4.78, 5) is 14.3. The van der Waals surface area contributed by atoms with Crippen LogP contribution >= 0.6 is 11.3 Å². The molecule has 1 heterocycles. The van der Waals surface area contributed by atoms with Crippen molar-refractivity contribution < 1.29 is 4.79 Å². The van der Waals surface area contributed by atoms with Crippen molar-refractivity contribution in [3.8, 4) is 11.1 Å². The fourth-order valence-electron chi connectivity index (χ4n) is 1.92. The van der Waals surface area contributed by atoms with Gasteiger partial charge in [0, 0.05) is 4.88 Å². The molecule has 0 atom stereocenters. The zero-order valence-electron chi connectivity index (χ0n) is 11.6. The molecule has 0 aliphatic rings. The van der Waals surface area contributed by atoms with Gasteiger partial charge in [-0.3, -0.25) is 4.79 Å². The van der Waals surface area contributed by atoms with Crippen LogP contribution in [0.25, 0.3) is 11.1 Å². The lowest BCUT2D eigenvalue weighted by molar-refractivity contribution is 0.102. The molecule has 0 unspecified atom stereocenters. The number of thiophene rings is 1. The maximum atomic E-state index is 12.3. The molecule has 2 rings (SSSR count). The van der Waals surface area contributed by atoms with Gasteiger partial charge >= 0.3 is 0 Å². The van der Waals surface area contributed by atoms with E-state index < -0.39 is 0 Å². The lowest BCUT2D eigenvalue weighted by atomic mass is 9.99. The number of carbonyl (C=O) groups is 1. The standard InChI is InChI=1S/C17H18OS/c1-11(2)12(3)17(18)16-10-15(13(4)19-16)14-8-6-5-7-9-14/h5-11H,3H2,1-2,4H3. The molecule has 1 nitrogen and oxygen atoms in total. The van der Waals surface area contributed by atoms with Crippen LogP contribution in [0.15, 0.2) is 48.6 Å². The quantitative estimate of drug-likeness (QED) is 0.557. The highest BCUT2D eigenvalue weighted by Crippen LogP contribution is 2.32. The second-order valence-corrected chi connectivity index (χ2v) is 6.21. The first kappa shape index (κ1) is 13.8. The molecule has 0 aliphatic heterocycles. The molecule has 0 radical (unpaired) electrons. The molecule has 0 spiro atoms. The molecule has 0 aliphatic carbocycles. The summed E-state index contributed by atoms with van der Waals surface area (Å²) >= 11 is 1.55. The molecule has 1 aromatic heterocycles. The minimum Gasteiger partial charge on any atom is -0.288 e. The normalized spacial score (nSPS) is 10.7. The van der Waals surface area contributed by atoms with Crippen molar-refractivity contribution >= 4 is 17.1 Å². The molecular formula is C17H18OS. The molecule has 0 bridgehead atoms. The van der Waals surface area contributed by atoms with Crippen LogP contribution in [-0.2, 0) is 0 Å². The molecule has 1 aromatic carbocycles. The highest BCUT2D eigenvalue weighted by molar-refractivity contribution is 7.14. The van der Waals surface area contributed by atoms with Crippen LogP contribution in [0.2, 0.25) is 0 Å². The number of benzene rings is 1. The molecule has 0 saturated heterocycles. The van der Waals surface area contributed by atoms with Crippen molar-refractivity contribution in [2.75, 3.05) is 0 Å². The van der Waals surface area contributed by atoms with Gasteiger partial charge in [0.15, 0.2) is 5.78 Å². The van der Waals surface area contributed by atoms with Gasteiger partial charge in [0.1, 0.15) is 0 Å². The van der Waals surface area contributed by atoms with Gasteiger partial charge in [-0.05, 0) is 35.6 Å². The molecule has 0 N–H and O–H groups in total. The van der Waals surface area contributed by atoms with E-state index >= 15 is 0 Å². The van der Waals surface area contributed by atoms with Crippen LogP contribution < -0.4 is 0 Å². The van der Waals surface area contributed by atoms with E-state index in [1.807, 2.05) is 38.1 Å².